The highest BCUT2D eigenvalue weighted by Gasteiger charge is 2.41. The number of benzene rings is 2. The summed E-state index contributed by atoms with van der Waals surface area (Å²) in [7, 11) is 0. The molecular formula is C29H28N4O2S2. The van der Waals surface area contributed by atoms with E-state index in [1.165, 1.54) is 5.56 Å². The number of aromatic nitrogens is 1. The number of pyridine rings is 1. The van der Waals surface area contributed by atoms with Crippen LogP contribution in [0.3, 0.4) is 0 Å². The number of anilines is 1. The van der Waals surface area contributed by atoms with Gasteiger partial charge in [0.15, 0.2) is 10.2 Å². The number of nitrogens with zero attached hydrogens (tertiary/aromatic N) is 2. The van der Waals surface area contributed by atoms with E-state index in [9.17, 15) is 4.79 Å². The standard InChI is InChI=1S/C29H28N4O2S2/c1-19-6-10-21(11-7-19)31-25(34)16-18-33-28(27(32-29(33)36)23-5-3-4-17-30-23)24-14-15-26(35-24)37-22-12-8-20(2)9-13-22/h3-15,17,27-28H,16,18H2,1-2H3,(H,31,34)(H,32,36)/t27-,28+/m0/s1. The Labute approximate surface area is 226 Å². The van der Waals surface area contributed by atoms with Gasteiger partial charge in [0.25, 0.3) is 0 Å². The second kappa shape index (κ2) is 11.2. The SMILES string of the molecule is Cc1ccc(NC(=O)CCN2C(=S)N[C@@H](c3ccccn3)[C@H]2c2ccc(Sc3ccc(C)cc3)o2)cc1. The molecule has 2 N–H and O–H groups in total. The third-order valence-electron chi connectivity index (χ3n) is 6.25. The first-order valence-corrected chi connectivity index (χ1v) is 13.4. The molecule has 0 spiro atoms. The summed E-state index contributed by atoms with van der Waals surface area (Å²) in [5.41, 5.74) is 4.01. The van der Waals surface area contributed by atoms with E-state index in [-0.39, 0.29) is 24.4 Å². The maximum atomic E-state index is 12.7. The Bertz CT molecular complexity index is 1370. The van der Waals surface area contributed by atoms with Gasteiger partial charge in [-0.3, -0.25) is 9.78 Å². The number of thiocarbonyl (C=S) groups is 1. The quantitative estimate of drug-likeness (QED) is 0.255. The van der Waals surface area contributed by atoms with E-state index in [1.807, 2.05) is 66.4 Å². The number of aryl methyl sites for hydroxylation is 2. The summed E-state index contributed by atoms with van der Waals surface area (Å²) in [5, 5.41) is 7.76. The highest BCUT2D eigenvalue weighted by Crippen LogP contribution is 2.41. The second-order valence-corrected chi connectivity index (χ2v) is 10.5. The highest BCUT2D eigenvalue weighted by molar-refractivity contribution is 7.99. The van der Waals surface area contributed by atoms with Crippen LogP contribution in [0.2, 0.25) is 0 Å². The molecule has 6 nitrogen and oxygen atoms in total. The maximum Gasteiger partial charge on any atom is 0.226 e. The lowest BCUT2D eigenvalue weighted by atomic mass is 10.0. The number of nitrogens with one attached hydrogen (secondary N) is 2. The molecule has 1 saturated heterocycles. The van der Waals surface area contributed by atoms with Gasteiger partial charge in [0.1, 0.15) is 11.8 Å². The molecule has 5 rings (SSSR count). The summed E-state index contributed by atoms with van der Waals surface area (Å²) in [6, 6.07) is 25.5. The van der Waals surface area contributed by atoms with Gasteiger partial charge in [-0.2, -0.15) is 0 Å². The lowest BCUT2D eigenvalue weighted by Crippen LogP contribution is -2.32. The molecule has 0 bridgehead atoms. The lowest BCUT2D eigenvalue weighted by Gasteiger charge is -2.25. The first kappa shape index (κ1) is 25.0. The predicted molar refractivity (Wildman–Crippen MR) is 151 cm³/mol. The Kier molecular flexibility index (Phi) is 7.58. The van der Waals surface area contributed by atoms with Gasteiger partial charge >= 0.3 is 0 Å². The van der Waals surface area contributed by atoms with Crippen LogP contribution in [-0.4, -0.2) is 27.4 Å². The van der Waals surface area contributed by atoms with Crippen molar-refractivity contribution in [1.29, 1.82) is 0 Å². The number of amides is 1. The molecule has 1 aliphatic heterocycles. The minimum Gasteiger partial charge on any atom is -0.452 e. The largest absolute Gasteiger partial charge is 0.452 e. The Balaban J connectivity index is 1.35. The molecule has 4 aromatic rings. The van der Waals surface area contributed by atoms with Crippen LogP contribution in [0.4, 0.5) is 5.69 Å². The zero-order chi connectivity index (χ0) is 25.8. The van der Waals surface area contributed by atoms with Gasteiger partial charge in [-0.25, -0.2) is 0 Å². The van der Waals surface area contributed by atoms with Crippen molar-refractivity contribution in [2.75, 3.05) is 11.9 Å². The van der Waals surface area contributed by atoms with E-state index in [0.717, 1.165) is 32.7 Å². The third-order valence-corrected chi connectivity index (χ3v) is 7.53. The smallest absolute Gasteiger partial charge is 0.226 e. The van der Waals surface area contributed by atoms with E-state index in [1.54, 1.807) is 18.0 Å². The molecule has 0 unspecified atom stereocenters. The number of hydrogen-bond acceptors (Lipinski definition) is 5. The van der Waals surface area contributed by atoms with E-state index in [2.05, 4.69) is 46.8 Å². The van der Waals surface area contributed by atoms with Gasteiger partial charge in [0, 0.05) is 29.7 Å². The molecule has 2 atom stereocenters. The summed E-state index contributed by atoms with van der Waals surface area (Å²) >= 11 is 7.30. The molecule has 0 radical (unpaired) electrons. The molecule has 3 heterocycles. The zero-order valence-electron chi connectivity index (χ0n) is 20.7. The summed E-state index contributed by atoms with van der Waals surface area (Å²) < 4.78 is 6.34. The van der Waals surface area contributed by atoms with E-state index in [4.69, 9.17) is 16.6 Å². The monoisotopic (exact) mass is 528 g/mol. The fraction of sp³-hybridized carbons (Fsp3) is 0.207. The summed E-state index contributed by atoms with van der Waals surface area (Å²) in [5.74, 6) is 0.707. The van der Waals surface area contributed by atoms with Gasteiger partial charge in [0.05, 0.1) is 11.7 Å². The first-order valence-electron chi connectivity index (χ1n) is 12.1. The van der Waals surface area contributed by atoms with Crippen molar-refractivity contribution < 1.29 is 9.21 Å². The van der Waals surface area contributed by atoms with Crippen molar-refractivity contribution in [3.8, 4) is 0 Å². The van der Waals surface area contributed by atoms with Crippen LogP contribution in [0.15, 0.2) is 99.5 Å². The molecule has 1 aliphatic rings. The van der Waals surface area contributed by atoms with Crippen LogP contribution in [-0.2, 0) is 4.79 Å². The van der Waals surface area contributed by atoms with Crippen LogP contribution in [0.25, 0.3) is 0 Å². The fourth-order valence-electron chi connectivity index (χ4n) is 4.31. The second-order valence-electron chi connectivity index (χ2n) is 9.06. The molecule has 37 heavy (non-hydrogen) atoms. The van der Waals surface area contributed by atoms with Crippen molar-refractivity contribution in [3.63, 3.8) is 0 Å². The van der Waals surface area contributed by atoms with Crippen LogP contribution in [0, 0.1) is 13.8 Å². The Morgan fingerprint density at radius 2 is 1.76 bits per heavy atom. The lowest BCUT2D eigenvalue weighted by molar-refractivity contribution is -0.116. The number of furan rings is 1. The van der Waals surface area contributed by atoms with Gasteiger partial charge in [-0.05, 0) is 74.6 Å². The average molecular weight is 529 g/mol. The fourth-order valence-corrected chi connectivity index (χ4v) is 5.42. The molecule has 1 fully saturated rings. The van der Waals surface area contributed by atoms with Gasteiger partial charge in [0.2, 0.25) is 5.91 Å². The molecule has 0 saturated carbocycles. The third kappa shape index (κ3) is 6.03. The van der Waals surface area contributed by atoms with Gasteiger partial charge < -0.3 is 20.0 Å². The molecular weight excluding hydrogens is 500 g/mol. The summed E-state index contributed by atoms with van der Waals surface area (Å²) in [6.45, 7) is 4.53. The van der Waals surface area contributed by atoms with E-state index < -0.39 is 0 Å². The van der Waals surface area contributed by atoms with Crippen LogP contribution in [0.5, 0.6) is 0 Å². The van der Waals surface area contributed by atoms with Crippen molar-refractivity contribution >= 4 is 40.7 Å². The topological polar surface area (TPSA) is 70.4 Å². The van der Waals surface area contributed by atoms with Gasteiger partial charge in [-0.1, -0.05) is 53.2 Å². The Morgan fingerprint density at radius 3 is 2.46 bits per heavy atom. The minimum atomic E-state index is -0.234. The van der Waals surface area contributed by atoms with Crippen LogP contribution < -0.4 is 10.6 Å². The van der Waals surface area contributed by atoms with Crippen LogP contribution in [0.1, 0.15) is 41.1 Å². The summed E-state index contributed by atoms with van der Waals surface area (Å²) in [6.07, 6.45) is 2.06. The molecule has 8 heteroatoms. The van der Waals surface area contributed by atoms with Crippen molar-refractivity contribution in [3.05, 3.63) is 108 Å². The van der Waals surface area contributed by atoms with Gasteiger partial charge in [-0.15, -0.1) is 0 Å². The Morgan fingerprint density at radius 1 is 1.03 bits per heavy atom. The van der Waals surface area contributed by atoms with Crippen molar-refractivity contribution in [2.45, 2.75) is 42.3 Å². The van der Waals surface area contributed by atoms with E-state index >= 15 is 0 Å². The molecule has 2 aromatic heterocycles. The number of carbonyl (C=O) groups excluding carboxylic acids is 1. The molecule has 2 aromatic carbocycles. The normalized spacial score (nSPS) is 17.0. The van der Waals surface area contributed by atoms with Crippen molar-refractivity contribution in [2.24, 2.45) is 0 Å². The number of carbonyl (C=O) groups is 1. The number of rotatable bonds is 8. The Hall–Kier alpha value is -3.62. The summed E-state index contributed by atoms with van der Waals surface area (Å²) in [4.78, 5) is 20.5. The van der Waals surface area contributed by atoms with Crippen LogP contribution >= 0.6 is 24.0 Å². The van der Waals surface area contributed by atoms with Crippen molar-refractivity contribution in [1.82, 2.24) is 15.2 Å². The zero-order valence-corrected chi connectivity index (χ0v) is 22.3. The average Bonchev–Trinajstić information content (AvgIpc) is 3.49. The molecule has 188 valence electrons. The molecule has 0 aliphatic carbocycles. The maximum absolute atomic E-state index is 12.7. The molecule has 1 amide bonds. The first-order chi connectivity index (χ1) is 18.0. The predicted octanol–water partition coefficient (Wildman–Crippen LogP) is 6.44. The van der Waals surface area contributed by atoms with E-state index in [0.29, 0.717) is 11.7 Å². The number of hydrogen-bond donors (Lipinski definition) is 2. The minimum absolute atomic E-state index is 0.0678. The highest BCUT2D eigenvalue weighted by atomic mass is 32.2.